The number of nitrogens with one attached hydrogen (secondary N) is 1. The van der Waals surface area contributed by atoms with Crippen LogP contribution in [0.1, 0.15) is 28.9 Å². The first-order valence-corrected chi connectivity index (χ1v) is 11.7. The second kappa shape index (κ2) is 11.7. The van der Waals surface area contributed by atoms with Crippen LogP contribution >= 0.6 is 0 Å². The number of hydrogen-bond donors (Lipinski definition) is 3. The van der Waals surface area contributed by atoms with Crippen LogP contribution in [0.15, 0.2) is 103 Å². The number of Topliss-reactive ketones (excluding diaryl/α,β-unsaturated/α-hetero) is 1. The van der Waals surface area contributed by atoms with E-state index >= 15 is 0 Å². The van der Waals surface area contributed by atoms with E-state index in [-0.39, 0.29) is 11.5 Å². The zero-order valence-electron chi connectivity index (χ0n) is 20.4. The Kier molecular flexibility index (Phi) is 8.03. The second-order valence-corrected chi connectivity index (χ2v) is 8.40. The number of aromatic hydroxyl groups is 1. The number of carboxylic acid groups (broad SMARTS) is 1. The zero-order valence-corrected chi connectivity index (χ0v) is 20.4. The van der Waals surface area contributed by atoms with Gasteiger partial charge < -0.3 is 19.7 Å². The third kappa shape index (κ3) is 6.36. The summed E-state index contributed by atoms with van der Waals surface area (Å²) >= 11 is 0. The molecule has 38 heavy (non-hydrogen) atoms. The number of amides is 1. The van der Waals surface area contributed by atoms with Crippen molar-refractivity contribution in [2.24, 2.45) is 0 Å². The SMILES string of the molecule is CC(=O)c1ccc(NC(=O)O[C@H](c2ccc(O)c3ccccc23)[C@@H](/C=C/C(=O)O)Oc2ccccc2)cc1. The van der Waals surface area contributed by atoms with Gasteiger partial charge in [-0.2, -0.15) is 0 Å². The van der Waals surface area contributed by atoms with Crippen molar-refractivity contribution in [1.29, 1.82) is 0 Å². The number of rotatable bonds is 9. The minimum atomic E-state index is -1.20. The maximum atomic E-state index is 13.1. The smallest absolute Gasteiger partial charge is 0.412 e. The molecule has 4 rings (SSSR count). The number of ether oxygens (including phenoxy) is 2. The molecule has 0 heterocycles. The summed E-state index contributed by atoms with van der Waals surface area (Å²) in [6.07, 6.45) is -0.769. The molecule has 8 heteroatoms. The summed E-state index contributed by atoms with van der Waals surface area (Å²) in [5, 5.41) is 23.5. The third-order valence-corrected chi connectivity index (χ3v) is 5.76. The number of benzene rings is 4. The molecule has 0 bridgehead atoms. The van der Waals surface area contributed by atoms with Gasteiger partial charge in [0.2, 0.25) is 0 Å². The monoisotopic (exact) mass is 511 g/mol. The fourth-order valence-corrected chi connectivity index (χ4v) is 3.95. The molecule has 3 N–H and O–H groups in total. The minimum absolute atomic E-state index is 0.0414. The Balaban J connectivity index is 1.74. The molecular weight excluding hydrogens is 486 g/mol. The lowest BCUT2D eigenvalue weighted by molar-refractivity contribution is -0.131. The van der Waals surface area contributed by atoms with Gasteiger partial charge in [0.25, 0.3) is 0 Å². The molecule has 4 aromatic rings. The first-order chi connectivity index (χ1) is 18.3. The molecule has 0 unspecified atom stereocenters. The number of fused-ring (bicyclic) bond motifs is 1. The van der Waals surface area contributed by atoms with Gasteiger partial charge >= 0.3 is 12.1 Å². The molecule has 4 aromatic carbocycles. The number of anilines is 1. The number of carbonyl (C=O) groups is 3. The van der Waals surface area contributed by atoms with E-state index in [1.165, 1.54) is 19.1 Å². The Morgan fingerprint density at radius 1 is 0.842 bits per heavy atom. The number of carboxylic acids is 1. The quantitative estimate of drug-likeness (QED) is 0.183. The van der Waals surface area contributed by atoms with Crippen LogP contribution in [-0.4, -0.2) is 34.2 Å². The molecule has 0 fully saturated rings. The average molecular weight is 512 g/mol. The Bertz CT molecular complexity index is 1480. The van der Waals surface area contributed by atoms with Crippen molar-refractivity contribution in [3.05, 3.63) is 114 Å². The molecule has 0 aliphatic rings. The van der Waals surface area contributed by atoms with Gasteiger partial charge in [0.05, 0.1) is 0 Å². The van der Waals surface area contributed by atoms with Crippen LogP contribution in [0.25, 0.3) is 10.8 Å². The third-order valence-electron chi connectivity index (χ3n) is 5.76. The summed E-state index contributed by atoms with van der Waals surface area (Å²) in [6.45, 7) is 1.45. The van der Waals surface area contributed by atoms with Crippen molar-refractivity contribution in [1.82, 2.24) is 0 Å². The van der Waals surface area contributed by atoms with Crippen molar-refractivity contribution >= 4 is 34.3 Å². The number of para-hydroxylation sites is 1. The van der Waals surface area contributed by atoms with Gasteiger partial charge in [0.1, 0.15) is 11.5 Å². The summed E-state index contributed by atoms with van der Waals surface area (Å²) < 4.78 is 12.0. The van der Waals surface area contributed by atoms with Gasteiger partial charge in [-0.05, 0) is 60.9 Å². The Hall–Kier alpha value is -5.11. The lowest BCUT2D eigenvalue weighted by atomic mass is 9.96. The summed E-state index contributed by atoms with van der Waals surface area (Å²) in [4.78, 5) is 36.0. The number of carbonyl (C=O) groups excluding carboxylic acids is 2. The van der Waals surface area contributed by atoms with Crippen molar-refractivity contribution in [2.45, 2.75) is 19.1 Å². The number of aliphatic carboxylic acids is 1. The van der Waals surface area contributed by atoms with Crippen LogP contribution in [0.5, 0.6) is 11.5 Å². The van der Waals surface area contributed by atoms with E-state index in [4.69, 9.17) is 9.47 Å². The second-order valence-electron chi connectivity index (χ2n) is 8.40. The molecule has 2 atom stereocenters. The van der Waals surface area contributed by atoms with Gasteiger partial charge in [-0.1, -0.05) is 48.5 Å². The molecule has 0 aliphatic carbocycles. The molecule has 0 saturated heterocycles. The van der Waals surface area contributed by atoms with Crippen LogP contribution in [0.2, 0.25) is 0 Å². The normalized spacial score (nSPS) is 12.6. The lowest BCUT2D eigenvalue weighted by Gasteiger charge is -2.27. The number of phenols is 1. The highest BCUT2D eigenvalue weighted by Gasteiger charge is 2.30. The predicted octanol–water partition coefficient (Wildman–Crippen LogP) is 6.13. The molecule has 0 spiro atoms. The number of phenolic OH excluding ortho intramolecular Hbond substituents is 1. The molecule has 192 valence electrons. The van der Waals surface area contributed by atoms with Crippen molar-refractivity contribution in [3.8, 4) is 11.5 Å². The summed E-state index contributed by atoms with van der Waals surface area (Å²) in [5.74, 6) is -0.829. The fourth-order valence-electron chi connectivity index (χ4n) is 3.95. The van der Waals surface area contributed by atoms with Crippen LogP contribution in [0.3, 0.4) is 0 Å². The first kappa shape index (κ1) is 26.0. The van der Waals surface area contributed by atoms with Crippen LogP contribution in [0, 0.1) is 0 Å². The van der Waals surface area contributed by atoms with E-state index in [2.05, 4.69) is 5.32 Å². The number of hydrogen-bond acceptors (Lipinski definition) is 6. The van der Waals surface area contributed by atoms with Crippen LogP contribution in [0.4, 0.5) is 10.5 Å². The maximum Gasteiger partial charge on any atom is 0.412 e. The molecule has 0 radical (unpaired) electrons. The Labute approximate surface area is 218 Å². The molecule has 8 nitrogen and oxygen atoms in total. The van der Waals surface area contributed by atoms with E-state index < -0.39 is 24.3 Å². The van der Waals surface area contributed by atoms with E-state index in [9.17, 15) is 24.6 Å². The molecular formula is C30H25NO7. The summed E-state index contributed by atoms with van der Waals surface area (Å²) in [5.41, 5.74) is 1.39. The predicted molar refractivity (Wildman–Crippen MR) is 143 cm³/mol. The first-order valence-electron chi connectivity index (χ1n) is 11.7. The maximum absolute atomic E-state index is 13.1. The highest BCUT2D eigenvalue weighted by atomic mass is 16.6. The van der Waals surface area contributed by atoms with Crippen LogP contribution < -0.4 is 10.1 Å². The van der Waals surface area contributed by atoms with Crippen molar-refractivity contribution in [3.63, 3.8) is 0 Å². The minimum Gasteiger partial charge on any atom is -0.507 e. The Morgan fingerprint density at radius 2 is 1.50 bits per heavy atom. The standard InChI is InChI=1S/C30H25NO7/c1-19(32)20-11-13-21(14-12-20)31-30(36)38-29(25-15-16-26(33)24-10-6-5-9-23(24)25)27(17-18-28(34)35)37-22-7-3-2-4-8-22/h2-18,27,29,33H,1H3,(H,31,36)(H,34,35)/b18-17+/t27-,29-/m1/s1. The van der Waals surface area contributed by atoms with Crippen LogP contribution in [-0.2, 0) is 9.53 Å². The van der Waals surface area contributed by atoms with E-state index in [1.54, 1.807) is 84.9 Å². The number of ketones is 1. The van der Waals surface area contributed by atoms with E-state index in [0.29, 0.717) is 33.3 Å². The Morgan fingerprint density at radius 3 is 2.16 bits per heavy atom. The molecule has 0 aliphatic heterocycles. The lowest BCUT2D eigenvalue weighted by Crippen LogP contribution is -2.30. The topological polar surface area (TPSA) is 122 Å². The summed E-state index contributed by atoms with van der Waals surface area (Å²) in [6, 6.07) is 25.2. The molecule has 1 amide bonds. The van der Waals surface area contributed by atoms with Gasteiger partial charge in [-0.25, -0.2) is 9.59 Å². The zero-order chi connectivity index (χ0) is 27.1. The molecule has 0 saturated carbocycles. The van der Waals surface area contributed by atoms with Gasteiger partial charge in [0.15, 0.2) is 18.0 Å². The average Bonchev–Trinajstić information content (AvgIpc) is 2.91. The van der Waals surface area contributed by atoms with Gasteiger partial charge in [-0.3, -0.25) is 10.1 Å². The summed E-state index contributed by atoms with van der Waals surface area (Å²) in [7, 11) is 0. The van der Waals surface area contributed by atoms with E-state index in [0.717, 1.165) is 6.08 Å². The fraction of sp³-hybridized carbons (Fsp3) is 0.100. The van der Waals surface area contributed by atoms with Gasteiger partial charge in [-0.15, -0.1) is 0 Å². The largest absolute Gasteiger partial charge is 0.507 e. The molecule has 0 aromatic heterocycles. The highest BCUT2D eigenvalue weighted by Crippen LogP contribution is 2.35. The van der Waals surface area contributed by atoms with Gasteiger partial charge in [0, 0.05) is 28.3 Å². The van der Waals surface area contributed by atoms with Crippen molar-refractivity contribution in [2.75, 3.05) is 5.32 Å². The van der Waals surface area contributed by atoms with E-state index in [1.807, 2.05) is 0 Å². The highest BCUT2D eigenvalue weighted by molar-refractivity contribution is 5.95. The van der Waals surface area contributed by atoms with Crippen molar-refractivity contribution < 1.29 is 34.1 Å².